The lowest BCUT2D eigenvalue weighted by Gasteiger charge is -2.18. The van der Waals surface area contributed by atoms with E-state index in [4.69, 9.17) is 5.73 Å². The van der Waals surface area contributed by atoms with Crippen molar-refractivity contribution in [1.82, 2.24) is 5.53 Å². The van der Waals surface area contributed by atoms with Crippen molar-refractivity contribution < 1.29 is 0 Å². The van der Waals surface area contributed by atoms with Crippen LogP contribution in [0.1, 0.15) is 13.3 Å². The molecule has 0 saturated carbocycles. The van der Waals surface area contributed by atoms with Gasteiger partial charge in [0.1, 0.15) is 0 Å². The molecule has 1 aliphatic rings. The van der Waals surface area contributed by atoms with Crippen molar-refractivity contribution in [2.45, 2.75) is 19.4 Å². The number of hydrazine groups is 2. The quantitative estimate of drug-likeness (QED) is 0.670. The molecule has 0 radical (unpaired) electrons. The zero-order valence-corrected chi connectivity index (χ0v) is 8.33. The highest BCUT2D eigenvalue weighted by molar-refractivity contribution is 5.72. The average molecular weight is 192 g/mol. The fraction of sp³-hybridized carbons (Fsp3) is 0.400. The summed E-state index contributed by atoms with van der Waals surface area (Å²) in [5.41, 5.74) is 14.2. The molecule has 0 aliphatic carbocycles. The highest BCUT2D eigenvalue weighted by atomic mass is 15.7. The Morgan fingerprint density at radius 1 is 1.43 bits per heavy atom. The van der Waals surface area contributed by atoms with E-state index < -0.39 is 0 Å². The van der Waals surface area contributed by atoms with E-state index in [1.165, 1.54) is 5.69 Å². The van der Waals surface area contributed by atoms with Gasteiger partial charge in [0.25, 0.3) is 0 Å². The number of benzene rings is 1. The number of fused-ring (bicyclic) bond motifs is 1. The first-order valence-electron chi connectivity index (χ1n) is 4.91. The first-order chi connectivity index (χ1) is 6.77. The molecule has 4 N–H and O–H groups in total. The van der Waals surface area contributed by atoms with Gasteiger partial charge in [0.15, 0.2) is 0 Å². The van der Waals surface area contributed by atoms with Gasteiger partial charge in [-0.05, 0) is 25.5 Å². The Hall–Kier alpha value is -1.26. The molecule has 0 fully saturated rings. The maximum atomic E-state index is 5.72. The number of nitrogens with zero attached hydrogens (tertiary/aromatic N) is 1. The Labute approximate surface area is 84.0 Å². The summed E-state index contributed by atoms with van der Waals surface area (Å²) in [6.07, 6.45) is 0.975. The Kier molecular flexibility index (Phi) is 2.56. The third-order valence-corrected chi connectivity index (χ3v) is 2.33. The molecule has 76 valence electrons. The number of nitrogens with one attached hydrogen (secondary N) is 2. The molecule has 0 amide bonds. The predicted octanol–water partition coefficient (Wildman–Crippen LogP) is 1.08. The molecule has 4 heteroatoms. The summed E-state index contributed by atoms with van der Waals surface area (Å²) in [6.45, 7) is 2.94. The van der Waals surface area contributed by atoms with Gasteiger partial charge in [0.2, 0.25) is 0 Å². The number of hydrogen-bond donors (Lipinski definition) is 3. The van der Waals surface area contributed by atoms with Crippen LogP contribution in [0, 0.1) is 0 Å². The van der Waals surface area contributed by atoms with Crippen LogP contribution in [0.2, 0.25) is 0 Å². The zero-order valence-electron chi connectivity index (χ0n) is 8.33. The van der Waals surface area contributed by atoms with E-state index >= 15 is 0 Å². The largest absolute Gasteiger partial charge is 0.328 e. The monoisotopic (exact) mass is 192 g/mol. The topological polar surface area (TPSA) is 53.3 Å². The maximum Gasteiger partial charge on any atom is 0.0782 e. The second kappa shape index (κ2) is 3.86. The minimum absolute atomic E-state index is 0.240. The van der Waals surface area contributed by atoms with Crippen molar-refractivity contribution in [3.05, 3.63) is 24.3 Å². The molecule has 0 bridgehead atoms. The molecule has 1 unspecified atom stereocenters. The number of nitrogens with two attached hydrogens (primary N) is 1. The van der Waals surface area contributed by atoms with Gasteiger partial charge in [-0.2, -0.15) is 0 Å². The van der Waals surface area contributed by atoms with Gasteiger partial charge in [0.05, 0.1) is 11.4 Å². The fourth-order valence-electron chi connectivity index (χ4n) is 1.51. The van der Waals surface area contributed by atoms with Crippen LogP contribution < -0.4 is 21.7 Å². The van der Waals surface area contributed by atoms with E-state index in [0.29, 0.717) is 0 Å². The molecular formula is C10H16N4. The molecule has 1 heterocycles. The number of para-hydroxylation sites is 2. The van der Waals surface area contributed by atoms with Gasteiger partial charge in [-0.15, -0.1) is 5.53 Å². The molecule has 0 spiro atoms. The number of anilines is 2. The summed E-state index contributed by atoms with van der Waals surface area (Å²) in [5, 5.41) is 2.08. The van der Waals surface area contributed by atoms with Crippen LogP contribution in [0.3, 0.4) is 0 Å². The molecule has 1 aromatic carbocycles. The van der Waals surface area contributed by atoms with Crippen molar-refractivity contribution in [1.29, 1.82) is 0 Å². The fourth-order valence-corrected chi connectivity index (χ4v) is 1.51. The third kappa shape index (κ3) is 1.81. The summed E-state index contributed by atoms with van der Waals surface area (Å²) in [7, 11) is 0. The van der Waals surface area contributed by atoms with Gasteiger partial charge in [-0.3, -0.25) is 5.01 Å². The van der Waals surface area contributed by atoms with E-state index in [1.807, 2.05) is 25.1 Å². The first-order valence-corrected chi connectivity index (χ1v) is 4.91. The van der Waals surface area contributed by atoms with Crippen molar-refractivity contribution in [3.8, 4) is 0 Å². The van der Waals surface area contributed by atoms with Gasteiger partial charge >= 0.3 is 0 Å². The second-order valence-electron chi connectivity index (χ2n) is 3.67. The van der Waals surface area contributed by atoms with Crippen molar-refractivity contribution >= 4 is 11.4 Å². The lowest BCUT2D eigenvalue weighted by Crippen LogP contribution is -2.38. The summed E-state index contributed by atoms with van der Waals surface area (Å²) in [4.78, 5) is 0. The normalized spacial score (nSPS) is 16.3. The zero-order chi connectivity index (χ0) is 9.97. The predicted molar refractivity (Wildman–Crippen MR) is 58.8 cm³/mol. The molecule has 4 nitrogen and oxygen atoms in total. The lowest BCUT2D eigenvalue weighted by molar-refractivity contribution is 0.615. The summed E-state index contributed by atoms with van der Waals surface area (Å²) in [6, 6.07) is 8.43. The lowest BCUT2D eigenvalue weighted by atomic mass is 10.2. The third-order valence-electron chi connectivity index (χ3n) is 2.33. The Morgan fingerprint density at radius 2 is 2.21 bits per heavy atom. The molecule has 0 saturated heterocycles. The van der Waals surface area contributed by atoms with Crippen LogP contribution in [0.25, 0.3) is 0 Å². The standard InChI is InChI=1S/C10H16N4/c1-8(11)6-7-14-10-5-3-2-4-9(10)12-13-14/h2-5,8,12-13H,6-7,11H2,1H3. The van der Waals surface area contributed by atoms with Gasteiger partial charge in [-0.1, -0.05) is 12.1 Å². The molecule has 2 rings (SSSR count). The first kappa shape index (κ1) is 9.30. The van der Waals surface area contributed by atoms with E-state index in [-0.39, 0.29) is 6.04 Å². The maximum absolute atomic E-state index is 5.72. The summed E-state index contributed by atoms with van der Waals surface area (Å²) < 4.78 is 0. The van der Waals surface area contributed by atoms with Crippen LogP contribution in [0.5, 0.6) is 0 Å². The van der Waals surface area contributed by atoms with Crippen molar-refractivity contribution in [2.24, 2.45) is 5.73 Å². The Morgan fingerprint density at radius 3 is 3.00 bits per heavy atom. The second-order valence-corrected chi connectivity index (χ2v) is 3.67. The van der Waals surface area contributed by atoms with E-state index in [2.05, 4.69) is 22.0 Å². The molecule has 1 aliphatic heterocycles. The molecule has 14 heavy (non-hydrogen) atoms. The highest BCUT2D eigenvalue weighted by Gasteiger charge is 2.16. The summed E-state index contributed by atoms with van der Waals surface area (Å²) >= 11 is 0. The minimum Gasteiger partial charge on any atom is -0.328 e. The molecule has 1 aromatic rings. The van der Waals surface area contributed by atoms with E-state index in [0.717, 1.165) is 18.7 Å². The Bertz CT molecular complexity index is 311. The number of hydrogen-bond acceptors (Lipinski definition) is 4. The molecule has 1 atom stereocenters. The van der Waals surface area contributed by atoms with Crippen LogP contribution in [0.15, 0.2) is 24.3 Å². The van der Waals surface area contributed by atoms with Crippen LogP contribution in [-0.2, 0) is 0 Å². The van der Waals surface area contributed by atoms with Crippen LogP contribution >= 0.6 is 0 Å². The molecular weight excluding hydrogens is 176 g/mol. The molecule has 0 aromatic heterocycles. The average Bonchev–Trinajstić information content (AvgIpc) is 2.58. The van der Waals surface area contributed by atoms with Gasteiger partial charge in [0, 0.05) is 12.6 Å². The van der Waals surface area contributed by atoms with Crippen molar-refractivity contribution in [2.75, 3.05) is 17.0 Å². The highest BCUT2D eigenvalue weighted by Crippen LogP contribution is 2.27. The minimum atomic E-state index is 0.240. The SMILES string of the molecule is CC(N)CCN1NNc2ccccc21. The Balaban J connectivity index is 2.03. The summed E-state index contributed by atoms with van der Waals surface area (Å²) in [5.74, 6) is 0. The van der Waals surface area contributed by atoms with Gasteiger partial charge in [-0.25, -0.2) is 0 Å². The van der Waals surface area contributed by atoms with Gasteiger partial charge < -0.3 is 11.2 Å². The van der Waals surface area contributed by atoms with Crippen LogP contribution in [0.4, 0.5) is 11.4 Å². The number of rotatable bonds is 3. The van der Waals surface area contributed by atoms with Crippen molar-refractivity contribution in [3.63, 3.8) is 0 Å². The van der Waals surface area contributed by atoms with Crippen LogP contribution in [-0.4, -0.2) is 12.6 Å². The van der Waals surface area contributed by atoms with E-state index in [1.54, 1.807) is 0 Å². The smallest absolute Gasteiger partial charge is 0.0782 e. The van der Waals surface area contributed by atoms with E-state index in [9.17, 15) is 0 Å².